The van der Waals surface area contributed by atoms with Gasteiger partial charge in [0.05, 0.1) is 12.1 Å². The average Bonchev–Trinajstić information content (AvgIpc) is 2.54. The second-order valence-corrected chi connectivity index (χ2v) is 6.33. The van der Waals surface area contributed by atoms with Crippen LogP contribution in [0.2, 0.25) is 0 Å². The van der Waals surface area contributed by atoms with E-state index in [1.807, 2.05) is 6.92 Å². The lowest BCUT2D eigenvalue weighted by atomic mass is 9.82. The van der Waals surface area contributed by atoms with Crippen LogP contribution >= 0.6 is 0 Å². The first-order valence-electron chi connectivity index (χ1n) is 7.93. The Morgan fingerprint density at radius 1 is 1.14 bits per heavy atom. The van der Waals surface area contributed by atoms with Gasteiger partial charge in [0.2, 0.25) is 0 Å². The predicted octanol–water partition coefficient (Wildman–Crippen LogP) is 3.33. The number of hydrogen-bond donors (Lipinski definition) is 2. The van der Waals surface area contributed by atoms with E-state index in [1.54, 1.807) is 0 Å². The molecule has 0 saturated heterocycles. The van der Waals surface area contributed by atoms with Crippen molar-refractivity contribution >= 4 is 10.9 Å². The molecule has 0 atom stereocenters. The number of aromatic nitrogens is 1. The first kappa shape index (κ1) is 14.5. The van der Waals surface area contributed by atoms with Crippen molar-refractivity contribution < 1.29 is 5.11 Å². The summed E-state index contributed by atoms with van der Waals surface area (Å²) in [6.07, 6.45) is 5.89. The number of nitrogens with one attached hydrogen (secondary N) is 1. The zero-order valence-electron chi connectivity index (χ0n) is 12.7. The first-order valence-corrected chi connectivity index (χ1v) is 7.93. The molecule has 0 unspecified atom stereocenters. The fourth-order valence-corrected chi connectivity index (χ4v) is 3.30. The molecule has 3 rings (SSSR count). The summed E-state index contributed by atoms with van der Waals surface area (Å²) >= 11 is 0. The van der Waals surface area contributed by atoms with Gasteiger partial charge in [-0.15, -0.1) is 0 Å². The summed E-state index contributed by atoms with van der Waals surface area (Å²) in [5.74, 6) is 0. The van der Waals surface area contributed by atoms with Crippen LogP contribution in [0.15, 0.2) is 30.3 Å². The van der Waals surface area contributed by atoms with Gasteiger partial charge in [-0.1, -0.05) is 31.4 Å². The Labute approximate surface area is 126 Å². The molecule has 2 N–H and O–H groups in total. The minimum Gasteiger partial charge on any atom is -0.394 e. The highest BCUT2D eigenvalue weighted by Crippen LogP contribution is 2.28. The Morgan fingerprint density at radius 3 is 2.71 bits per heavy atom. The number of pyridine rings is 1. The average molecular weight is 284 g/mol. The van der Waals surface area contributed by atoms with Crippen molar-refractivity contribution in [3.05, 3.63) is 41.6 Å². The monoisotopic (exact) mass is 284 g/mol. The third-order valence-corrected chi connectivity index (χ3v) is 4.67. The van der Waals surface area contributed by atoms with Gasteiger partial charge in [-0.2, -0.15) is 0 Å². The van der Waals surface area contributed by atoms with E-state index in [9.17, 15) is 5.11 Å². The molecular formula is C18H24N2O. The van der Waals surface area contributed by atoms with Crippen LogP contribution in [0.5, 0.6) is 0 Å². The van der Waals surface area contributed by atoms with Gasteiger partial charge in [0.25, 0.3) is 0 Å². The summed E-state index contributed by atoms with van der Waals surface area (Å²) in [5.41, 5.74) is 3.29. The summed E-state index contributed by atoms with van der Waals surface area (Å²) in [7, 11) is 0. The van der Waals surface area contributed by atoms with Gasteiger partial charge < -0.3 is 10.4 Å². The van der Waals surface area contributed by atoms with Crippen molar-refractivity contribution in [1.29, 1.82) is 0 Å². The number of aliphatic hydroxyl groups excluding tert-OH is 1. The number of aryl methyl sites for hydroxylation is 1. The maximum atomic E-state index is 9.75. The topological polar surface area (TPSA) is 45.1 Å². The van der Waals surface area contributed by atoms with Gasteiger partial charge in [-0.3, -0.25) is 4.98 Å². The molecule has 0 spiro atoms. The van der Waals surface area contributed by atoms with Crippen LogP contribution in [0.4, 0.5) is 0 Å². The molecule has 1 aromatic heterocycles. The van der Waals surface area contributed by atoms with Crippen LogP contribution in [0, 0.1) is 6.92 Å². The number of hydrogen-bond acceptors (Lipinski definition) is 3. The van der Waals surface area contributed by atoms with Crippen molar-refractivity contribution in [2.24, 2.45) is 0 Å². The molecule has 21 heavy (non-hydrogen) atoms. The van der Waals surface area contributed by atoms with Crippen LogP contribution in [0.3, 0.4) is 0 Å². The maximum absolute atomic E-state index is 9.75. The van der Waals surface area contributed by atoms with Crippen LogP contribution < -0.4 is 5.32 Å². The molecule has 0 amide bonds. The smallest absolute Gasteiger partial charge is 0.0705 e. The van der Waals surface area contributed by atoms with Crippen LogP contribution in [-0.4, -0.2) is 22.2 Å². The van der Waals surface area contributed by atoms with E-state index < -0.39 is 0 Å². The van der Waals surface area contributed by atoms with Gasteiger partial charge in [-0.05, 0) is 43.5 Å². The highest BCUT2D eigenvalue weighted by molar-refractivity contribution is 5.79. The summed E-state index contributed by atoms with van der Waals surface area (Å²) in [6.45, 7) is 3.06. The van der Waals surface area contributed by atoms with E-state index >= 15 is 0 Å². The molecular weight excluding hydrogens is 260 g/mol. The SMILES string of the molecule is Cc1ccc2cc(CNC3(CO)CCCCC3)ccc2n1. The van der Waals surface area contributed by atoms with E-state index in [0.717, 1.165) is 30.6 Å². The standard InChI is InChI=1S/C18H24N2O/c1-14-5-7-16-11-15(6-8-17(16)20-14)12-19-18(13-21)9-3-2-4-10-18/h5-8,11,19,21H,2-4,9-10,12-13H2,1H3. The summed E-state index contributed by atoms with van der Waals surface area (Å²) in [6, 6.07) is 10.6. The van der Waals surface area contributed by atoms with E-state index in [0.29, 0.717) is 0 Å². The lowest BCUT2D eigenvalue weighted by Crippen LogP contribution is -2.49. The zero-order valence-corrected chi connectivity index (χ0v) is 12.7. The second kappa shape index (κ2) is 6.12. The second-order valence-electron chi connectivity index (χ2n) is 6.33. The Morgan fingerprint density at radius 2 is 1.95 bits per heavy atom. The molecule has 2 aromatic rings. The third-order valence-electron chi connectivity index (χ3n) is 4.67. The van der Waals surface area contributed by atoms with E-state index in [2.05, 4.69) is 40.6 Å². The Balaban J connectivity index is 1.74. The lowest BCUT2D eigenvalue weighted by Gasteiger charge is -2.36. The van der Waals surface area contributed by atoms with Crippen molar-refractivity contribution in [3.63, 3.8) is 0 Å². The first-order chi connectivity index (χ1) is 10.2. The fourth-order valence-electron chi connectivity index (χ4n) is 3.30. The van der Waals surface area contributed by atoms with E-state index in [-0.39, 0.29) is 12.1 Å². The Bertz CT molecular complexity index is 618. The molecule has 0 bridgehead atoms. The normalized spacial score (nSPS) is 18.0. The quantitative estimate of drug-likeness (QED) is 0.905. The molecule has 3 heteroatoms. The van der Waals surface area contributed by atoms with Crippen LogP contribution in [0.25, 0.3) is 10.9 Å². The third kappa shape index (κ3) is 3.25. The predicted molar refractivity (Wildman–Crippen MR) is 86.2 cm³/mol. The molecule has 1 aliphatic carbocycles. The van der Waals surface area contributed by atoms with Crippen molar-refractivity contribution in [3.8, 4) is 0 Å². The highest BCUT2D eigenvalue weighted by Gasteiger charge is 2.30. The largest absolute Gasteiger partial charge is 0.394 e. The van der Waals surface area contributed by atoms with Crippen LogP contribution in [0.1, 0.15) is 43.4 Å². The molecule has 3 nitrogen and oxygen atoms in total. The molecule has 0 radical (unpaired) electrons. The van der Waals surface area contributed by atoms with E-state index in [1.165, 1.54) is 30.2 Å². The van der Waals surface area contributed by atoms with E-state index in [4.69, 9.17) is 0 Å². The fraction of sp³-hybridized carbons (Fsp3) is 0.500. The molecule has 1 saturated carbocycles. The number of aliphatic hydroxyl groups is 1. The highest BCUT2D eigenvalue weighted by atomic mass is 16.3. The van der Waals surface area contributed by atoms with Gasteiger partial charge in [-0.25, -0.2) is 0 Å². The molecule has 112 valence electrons. The van der Waals surface area contributed by atoms with Gasteiger partial charge in [0, 0.05) is 23.2 Å². The van der Waals surface area contributed by atoms with Gasteiger partial charge in [0.15, 0.2) is 0 Å². The molecule has 1 aliphatic rings. The summed E-state index contributed by atoms with van der Waals surface area (Å²) in [5, 5.41) is 14.5. The van der Waals surface area contributed by atoms with Crippen molar-refractivity contribution in [2.75, 3.05) is 6.61 Å². The maximum Gasteiger partial charge on any atom is 0.0705 e. The molecule has 1 aromatic carbocycles. The summed E-state index contributed by atoms with van der Waals surface area (Å²) < 4.78 is 0. The lowest BCUT2D eigenvalue weighted by molar-refractivity contribution is 0.119. The van der Waals surface area contributed by atoms with Crippen molar-refractivity contribution in [2.45, 2.75) is 51.1 Å². The number of nitrogens with zero attached hydrogens (tertiary/aromatic N) is 1. The number of fused-ring (bicyclic) bond motifs is 1. The Hall–Kier alpha value is -1.45. The number of benzene rings is 1. The minimum atomic E-state index is -0.0707. The number of rotatable bonds is 4. The van der Waals surface area contributed by atoms with Gasteiger partial charge in [0.1, 0.15) is 0 Å². The molecule has 0 aliphatic heterocycles. The minimum absolute atomic E-state index is 0.0707. The Kier molecular flexibility index (Phi) is 4.22. The van der Waals surface area contributed by atoms with Gasteiger partial charge >= 0.3 is 0 Å². The zero-order chi connectivity index (χ0) is 14.7. The molecule has 1 fully saturated rings. The molecule has 1 heterocycles. The van der Waals surface area contributed by atoms with Crippen molar-refractivity contribution in [1.82, 2.24) is 10.3 Å². The summed E-state index contributed by atoms with van der Waals surface area (Å²) in [4.78, 5) is 4.54. The van der Waals surface area contributed by atoms with Crippen LogP contribution in [-0.2, 0) is 6.54 Å².